The Labute approximate surface area is 115 Å². The van der Waals surface area contributed by atoms with Crippen LogP contribution < -0.4 is 5.32 Å². The molecule has 1 N–H and O–H groups in total. The van der Waals surface area contributed by atoms with Gasteiger partial charge in [-0.15, -0.1) is 0 Å². The summed E-state index contributed by atoms with van der Waals surface area (Å²) in [6, 6.07) is 1.04. The lowest BCUT2D eigenvalue weighted by Gasteiger charge is -2.29. The molecule has 0 spiro atoms. The van der Waals surface area contributed by atoms with E-state index in [0.29, 0.717) is 18.0 Å². The zero-order chi connectivity index (χ0) is 13.2. The minimum Gasteiger partial charge on any atom is -0.377 e. The van der Waals surface area contributed by atoms with Gasteiger partial charge in [0.1, 0.15) is 0 Å². The molecule has 3 fully saturated rings. The van der Waals surface area contributed by atoms with E-state index < -0.39 is 0 Å². The highest BCUT2D eigenvalue weighted by atomic mass is 16.5. The van der Waals surface area contributed by atoms with E-state index in [1.165, 1.54) is 25.7 Å². The Morgan fingerprint density at radius 2 is 2.16 bits per heavy atom. The highest BCUT2D eigenvalue weighted by Crippen LogP contribution is 2.33. The fourth-order valence-electron chi connectivity index (χ4n) is 3.50. The van der Waals surface area contributed by atoms with Gasteiger partial charge in [-0.25, -0.2) is 0 Å². The van der Waals surface area contributed by atoms with Gasteiger partial charge in [0.15, 0.2) is 0 Å². The van der Waals surface area contributed by atoms with E-state index >= 15 is 0 Å². The highest BCUT2D eigenvalue weighted by Gasteiger charge is 2.41. The van der Waals surface area contributed by atoms with Crippen molar-refractivity contribution >= 4 is 5.91 Å². The van der Waals surface area contributed by atoms with Crippen molar-refractivity contribution in [2.45, 2.75) is 63.6 Å². The van der Waals surface area contributed by atoms with Crippen LogP contribution in [0.3, 0.4) is 0 Å². The van der Waals surface area contributed by atoms with Crippen molar-refractivity contribution in [2.24, 2.45) is 5.92 Å². The normalized spacial score (nSPS) is 34.7. The number of nitrogens with zero attached hydrogens (tertiary/aromatic N) is 1. The average Bonchev–Trinajstić information content (AvgIpc) is 2.95. The van der Waals surface area contributed by atoms with Crippen molar-refractivity contribution in [1.29, 1.82) is 0 Å². The van der Waals surface area contributed by atoms with Gasteiger partial charge in [-0.1, -0.05) is 6.92 Å². The third kappa shape index (κ3) is 2.95. The molecule has 2 aliphatic heterocycles. The molecule has 1 saturated carbocycles. The number of ether oxygens (including phenoxy) is 1. The van der Waals surface area contributed by atoms with Gasteiger partial charge in [0.05, 0.1) is 12.0 Å². The lowest BCUT2D eigenvalue weighted by atomic mass is 9.97. The molecule has 108 valence electrons. The van der Waals surface area contributed by atoms with E-state index in [1.54, 1.807) is 0 Å². The molecule has 4 heteroatoms. The lowest BCUT2D eigenvalue weighted by Crippen LogP contribution is -2.46. The second kappa shape index (κ2) is 5.80. The van der Waals surface area contributed by atoms with Crippen molar-refractivity contribution in [1.82, 2.24) is 10.2 Å². The van der Waals surface area contributed by atoms with Gasteiger partial charge < -0.3 is 15.0 Å². The van der Waals surface area contributed by atoms with Crippen LogP contribution in [0.15, 0.2) is 0 Å². The van der Waals surface area contributed by atoms with Gasteiger partial charge in [-0.2, -0.15) is 0 Å². The predicted octanol–water partition coefficient (Wildman–Crippen LogP) is 1.54. The molecule has 3 rings (SSSR count). The molecule has 0 radical (unpaired) electrons. The molecule has 3 aliphatic rings. The summed E-state index contributed by atoms with van der Waals surface area (Å²) < 4.78 is 5.69. The number of rotatable bonds is 5. The Morgan fingerprint density at radius 1 is 1.32 bits per heavy atom. The van der Waals surface area contributed by atoms with Crippen molar-refractivity contribution in [3.63, 3.8) is 0 Å². The van der Waals surface area contributed by atoms with Crippen molar-refractivity contribution in [3.8, 4) is 0 Å². The minimum absolute atomic E-state index is 0.118. The van der Waals surface area contributed by atoms with Crippen LogP contribution in [0.2, 0.25) is 0 Å². The third-order valence-electron chi connectivity index (χ3n) is 4.78. The third-order valence-corrected chi connectivity index (χ3v) is 4.78. The summed E-state index contributed by atoms with van der Waals surface area (Å²) in [7, 11) is 0. The molecular formula is C15H26N2O2. The fraction of sp³-hybridized carbons (Fsp3) is 0.933. The first kappa shape index (κ1) is 13.4. The van der Waals surface area contributed by atoms with Crippen molar-refractivity contribution in [2.75, 3.05) is 19.7 Å². The van der Waals surface area contributed by atoms with Gasteiger partial charge in [-0.05, 0) is 45.1 Å². The van der Waals surface area contributed by atoms with E-state index in [9.17, 15) is 4.79 Å². The Balaban J connectivity index is 1.63. The summed E-state index contributed by atoms with van der Waals surface area (Å²) in [5, 5.41) is 3.52. The monoisotopic (exact) mass is 266 g/mol. The molecular weight excluding hydrogens is 240 g/mol. The molecule has 3 unspecified atom stereocenters. The van der Waals surface area contributed by atoms with E-state index in [1.807, 2.05) is 0 Å². The number of carbonyl (C=O) groups is 1. The first-order valence-electron chi connectivity index (χ1n) is 7.95. The maximum atomic E-state index is 12.8. The molecule has 0 aromatic heterocycles. The summed E-state index contributed by atoms with van der Waals surface area (Å²) in [4.78, 5) is 15.0. The second-order valence-electron chi connectivity index (χ2n) is 6.23. The zero-order valence-corrected chi connectivity index (χ0v) is 11.9. The molecule has 19 heavy (non-hydrogen) atoms. The highest BCUT2D eigenvalue weighted by molar-refractivity contribution is 5.80. The standard InChI is InChI=1S/C15H26N2O2/c1-2-14-13(7-9-19-14)15(18)17(12-5-6-12)10-11-4-3-8-16-11/h11-14,16H,2-10H2,1H3. The molecule has 2 saturated heterocycles. The van der Waals surface area contributed by atoms with Crippen LogP contribution in [-0.2, 0) is 9.53 Å². The summed E-state index contributed by atoms with van der Waals surface area (Å²) in [6.45, 7) is 4.91. The van der Waals surface area contributed by atoms with Crippen LogP contribution in [0.1, 0.15) is 45.4 Å². The molecule has 4 nitrogen and oxygen atoms in total. The summed E-state index contributed by atoms with van der Waals surface area (Å²) in [5.74, 6) is 0.479. The number of nitrogens with one attached hydrogen (secondary N) is 1. The predicted molar refractivity (Wildman–Crippen MR) is 73.9 cm³/mol. The lowest BCUT2D eigenvalue weighted by molar-refractivity contribution is -0.138. The van der Waals surface area contributed by atoms with Gasteiger partial charge in [-0.3, -0.25) is 4.79 Å². The van der Waals surface area contributed by atoms with Crippen LogP contribution in [0.5, 0.6) is 0 Å². The quantitative estimate of drug-likeness (QED) is 0.821. The summed E-state index contributed by atoms with van der Waals surface area (Å²) >= 11 is 0. The van der Waals surface area contributed by atoms with Crippen LogP contribution in [0.4, 0.5) is 0 Å². The van der Waals surface area contributed by atoms with Gasteiger partial charge in [0.2, 0.25) is 5.91 Å². The van der Waals surface area contributed by atoms with Crippen LogP contribution >= 0.6 is 0 Å². The Bertz CT molecular complexity index is 324. The number of hydrogen-bond acceptors (Lipinski definition) is 3. The Hall–Kier alpha value is -0.610. The summed E-state index contributed by atoms with van der Waals surface area (Å²) in [6.07, 6.45) is 6.89. The molecule has 0 aromatic carbocycles. The average molecular weight is 266 g/mol. The molecule has 2 heterocycles. The summed E-state index contributed by atoms with van der Waals surface area (Å²) in [5.41, 5.74) is 0. The zero-order valence-electron chi connectivity index (χ0n) is 11.9. The number of carbonyl (C=O) groups excluding carboxylic acids is 1. The Morgan fingerprint density at radius 3 is 2.79 bits per heavy atom. The molecule has 1 amide bonds. The van der Waals surface area contributed by atoms with Gasteiger partial charge >= 0.3 is 0 Å². The molecule has 3 atom stereocenters. The van der Waals surface area contributed by atoms with Crippen LogP contribution in [-0.4, -0.2) is 48.7 Å². The maximum absolute atomic E-state index is 12.8. The van der Waals surface area contributed by atoms with E-state index in [0.717, 1.165) is 32.5 Å². The van der Waals surface area contributed by atoms with E-state index in [-0.39, 0.29) is 12.0 Å². The second-order valence-corrected chi connectivity index (χ2v) is 6.23. The minimum atomic E-state index is 0.118. The molecule has 0 bridgehead atoms. The first-order chi connectivity index (χ1) is 9.29. The molecule has 1 aliphatic carbocycles. The fourth-order valence-corrected chi connectivity index (χ4v) is 3.50. The van der Waals surface area contributed by atoms with Gasteiger partial charge in [0.25, 0.3) is 0 Å². The molecule has 0 aromatic rings. The smallest absolute Gasteiger partial charge is 0.228 e. The van der Waals surface area contributed by atoms with Crippen molar-refractivity contribution in [3.05, 3.63) is 0 Å². The van der Waals surface area contributed by atoms with Crippen LogP contribution in [0, 0.1) is 5.92 Å². The topological polar surface area (TPSA) is 41.6 Å². The van der Waals surface area contributed by atoms with E-state index in [4.69, 9.17) is 4.74 Å². The van der Waals surface area contributed by atoms with E-state index in [2.05, 4.69) is 17.1 Å². The van der Waals surface area contributed by atoms with Crippen LogP contribution in [0.25, 0.3) is 0 Å². The Kier molecular flexibility index (Phi) is 4.08. The first-order valence-corrected chi connectivity index (χ1v) is 7.95. The maximum Gasteiger partial charge on any atom is 0.228 e. The number of hydrogen-bond donors (Lipinski definition) is 1. The number of amides is 1. The van der Waals surface area contributed by atoms with Crippen molar-refractivity contribution < 1.29 is 9.53 Å². The van der Waals surface area contributed by atoms with Gasteiger partial charge in [0, 0.05) is 25.2 Å². The largest absolute Gasteiger partial charge is 0.377 e. The SMILES string of the molecule is CCC1OCCC1C(=O)N(CC1CCCN1)C1CC1.